The van der Waals surface area contributed by atoms with Gasteiger partial charge in [0.2, 0.25) is 0 Å². The Bertz CT molecular complexity index is 174. The van der Waals surface area contributed by atoms with Crippen LogP contribution in [-0.2, 0) is 4.79 Å². The summed E-state index contributed by atoms with van der Waals surface area (Å²) in [6.45, 7) is 2.21. The zero-order valence-electron chi connectivity index (χ0n) is 7.18. The molecule has 0 unspecified atom stereocenters. The molecule has 0 amide bonds. The van der Waals surface area contributed by atoms with E-state index >= 15 is 0 Å². The van der Waals surface area contributed by atoms with E-state index in [2.05, 4.69) is 6.92 Å². The minimum Gasteiger partial charge on any atom is -0.299 e. The molecule has 0 heterocycles. The summed E-state index contributed by atoms with van der Waals surface area (Å²) in [6, 6.07) is 0. The van der Waals surface area contributed by atoms with Crippen molar-refractivity contribution in [1.82, 2.24) is 0 Å². The zero-order chi connectivity index (χ0) is 7.84. The second-order valence-corrected chi connectivity index (χ2v) is 4.31. The van der Waals surface area contributed by atoms with Gasteiger partial charge in [-0.25, -0.2) is 0 Å². The van der Waals surface area contributed by atoms with Crippen LogP contribution in [0.2, 0.25) is 0 Å². The van der Waals surface area contributed by atoms with E-state index in [1.54, 1.807) is 0 Å². The lowest BCUT2D eigenvalue weighted by atomic mass is 9.92. The predicted molar refractivity (Wildman–Crippen MR) is 44.2 cm³/mol. The molecule has 0 aliphatic heterocycles. The van der Waals surface area contributed by atoms with E-state index in [-0.39, 0.29) is 0 Å². The maximum atomic E-state index is 11.4. The van der Waals surface area contributed by atoms with Crippen LogP contribution < -0.4 is 0 Å². The summed E-state index contributed by atoms with van der Waals surface area (Å²) in [5, 5.41) is 0. The Morgan fingerprint density at radius 3 is 3.00 bits per heavy atom. The molecule has 0 aromatic rings. The zero-order valence-corrected chi connectivity index (χ0v) is 7.18. The molecular weight excluding hydrogens is 136 g/mol. The molecule has 2 rings (SSSR count). The predicted octanol–water partition coefficient (Wildman–Crippen LogP) is 2.40. The Balaban J connectivity index is 1.97. The molecule has 2 aliphatic rings. The second kappa shape index (κ2) is 2.62. The number of hydrogen-bond acceptors (Lipinski definition) is 1. The average molecular weight is 152 g/mol. The SMILES string of the molecule is C[C@@H]1CCC[C@H]2C[C@H]2C(=O)C1. The monoisotopic (exact) mass is 152 g/mol. The summed E-state index contributed by atoms with van der Waals surface area (Å²) in [6.07, 6.45) is 6.03. The van der Waals surface area contributed by atoms with Crippen LogP contribution in [0.15, 0.2) is 0 Å². The number of Topliss-reactive ketones (excluding diaryl/α,β-unsaturated/α-hetero) is 1. The summed E-state index contributed by atoms with van der Waals surface area (Å²) in [4.78, 5) is 11.4. The highest BCUT2D eigenvalue weighted by Crippen LogP contribution is 2.45. The van der Waals surface area contributed by atoms with Gasteiger partial charge < -0.3 is 0 Å². The molecule has 1 nitrogen and oxygen atoms in total. The van der Waals surface area contributed by atoms with Gasteiger partial charge in [-0.05, 0) is 24.7 Å². The standard InChI is InChI=1S/C10H16O/c1-7-3-2-4-8-6-9(8)10(11)5-7/h7-9H,2-6H2,1H3/t7-,8+,9-/m1/s1. The van der Waals surface area contributed by atoms with Crippen LogP contribution in [0, 0.1) is 17.8 Å². The third-order valence-electron chi connectivity index (χ3n) is 3.16. The summed E-state index contributed by atoms with van der Waals surface area (Å²) in [5.74, 6) is 2.51. The Kier molecular flexibility index (Phi) is 1.74. The first-order valence-electron chi connectivity index (χ1n) is 4.80. The van der Waals surface area contributed by atoms with Gasteiger partial charge in [0.05, 0.1) is 0 Å². The van der Waals surface area contributed by atoms with E-state index in [1.165, 1.54) is 25.7 Å². The van der Waals surface area contributed by atoms with Crippen LogP contribution in [-0.4, -0.2) is 5.78 Å². The second-order valence-electron chi connectivity index (χ2n) is 4.31. The Morgan fingerprint density at radius 2 is 2.18 bits per heavy atom. The molecule has 62 valence electrons. The minimum absolute atomic E-state index is 0.498. The van der Waals surface area contributed by atoms with E-state index in [0.29, 0.717) is 17.6 Å². The molecular formula is C10H16O. The fraction of sp³-hybridized carbons (Fsp3) is 0.900. The van der Waals surface area contributed by atoms with Gasteiger partial charge in [-0.1, -0.05) is 19.8 Å². The third kappa shape index (κ3) is 1.47. The molecule has 0 saturated heterocycles. The molecule has 3 atom stereocenters. The lowest BCUT2D eigenvalue weighted by molar-refractivity contribution is -0.121. The van der Waals surface area contributed by atoms with Crippen LogP contribution in [0.5, 0.6) is 0 Å². The number of carbonyl (C=O) groups excluding carboxylic acids is 1. The quantitative estimate of drug-likeness (QED) is 0.521. The number of ketones is 1. The van der Waals surface area contributed by atoms with Gasteiger partial charge in [0.1, 0.15) is 5.78 Å². The molecule has 0 spiro atoms. The maximum absolute atomic E-state index is 11.4. The number of fused-ring (bicyclic) bond motifs is 1. The van der Waals surface area contributed by atoms with Crippen LogP contribution in [0.4, 0.5) is 0 Å². The van der Waals surface area contributed by atoms with Crippen molar-refractivity contribution < 1.29 is 4.79 Å². The molecule has 0 bridgehead atoms. The topological polar surface area (TPSA) is 17.1 Å². The minimum atomic E-state index is 0.498. The lowest BCUT2D eigenvalue weighted by Gasteiger charge is -2.12. The van der Waals surface area contributed by atoms with Gasteiger partial charge in [0, 0.05) is 12.3 Å². The van der Waals surface area contributed by atoms with Crippen LogP contribution in [0.1, 0.15) is 39.0 Å². The highest BCUT2D eigenvalue weighted by atomic mass is 16.1. The largest absolute Gasteiger partial charge is 0.299 e. The van der Waals surface area contributed by atoms with Crippen LogP contribution in [0.25, 0.3) is 0 Å². The summed E-state index contributed by atoms with van der Waals surface area (Å²) >= 11 is 0. The molecule has 2 saturated carbocycles. The van der Waals surface area contributed by atoms with E-state index in [1.807, 2.05) is 0 Å². The maximum Gasteiger partial charge on any atom is 0.136 e. The van der Waals surface area contributed by atoms with Gasteiger partial charge in [0.25, 0.3) is 0 Å². The fourth-order valence-electron chi connectivity index (χ4n) is 2.29. The van der Waals surface area contributed by atoms with Gasteiger partial charge >= 0.3 is 0 Å². The van der Waals surface area contributed by atoms with Crippen molar-refractivity contribution in [2.24, 2.45) is 17.8 Å². The molecule has 11 heavy (non-hydrogen) atoms. The Hall–Kier alpha value is -0.330. The first-order valence-corrected chi connectivity index (χ1v) is 4.80. The first-order chi connectivity index (χ1) is 5.27. The van der Waals surface area contributed by atoms with E-state index in [9.17, 15) is 4.79 Å². The van der Waals surface area contributed by atoms with Gasteiger partial charge in [-0.15, -0.1) is 0 Å². The average Bonchev–Trinajstić information content (AvgIpc) is 2.64. The number of carbonyl (C=O) groups is 1. The fourth-order valence-corrected chi connectivity index (χ4v) is 2.29. The molecule has 0 aromatic carbocycles. The smallest absolute Gasteiger partial charge is 0.136 e. The van der Waals surface area contributed by atoms with E-state index < -0.39 is 0 Å². The van der Waals surface area contributed by atoms with Crippen molar-refractivity contribution >= 4 is 5.78 Å². The lowest BCUT2D eigenvalue weighted by Crippen LogP contribution is -2.11. The highest BCUT2D eigenvalue weighted by molar-refractivity contribution is 5.84. The van der Waals surface area contributed by atoms with Crippen molar-refractivity contribution in [3.8, 4) is 0 Å². The van der Waals surface area contributed by atoms with Crippen LogP contribution >= 0.6 is 0 Å². The van der Waals surface area contributed by atoms with Gasteiger partial charge in [0.15, 0.2) is 0 Å². The normalized spacial score (nSPS) is 44.1. The first kappa shape index (κ1) is 7.33. The van der Waals surface area contributed by atoms with Crippen molar-refractivity contribution in [1.29, 1.82) is 0 Å². The van der Waals surface area contributed by atoms with E-state index in [4.69, 9.17) is 0 Å². The summed E-state index contributed by atoms with van der Waals surface area (Å²) in [5.41, 5.74) is 0. The van der Waals surface area contributed by atoms with Crippen molar-refractivity contribution in [2.75, 3.05) is 0 Å². The van der Waals surface area contributed by atoms with Gasteiger partial charge in [-0.2, -0.15) is 0 Å². The van der Waals surface area contributed by atoms with Crippen molar-refractivity contribution in [3.63, 3.8) is 0 Å². The number of rotatable bonds is 0. The molecule has 2 aliphatic carbocycles. The van der Waals surface area contributed by atoms with Crippen LogP contribution in [0.3, 0.4) is 0 Å². The molecule has 1 heteroatoms. The third-order valence-corrected chi connectivity index (χ3v) is 3.16. The molecule has 2 fully saturated rings. The molecule has 0 N–H and O–H groups in total. The summed E-state index contributed by atoms with van der Waals surface area (Å²) in [7, 11) is 0. The van der Waals surface area contributed by atoms with Crippen molar-refractivity contribution in [2.45, 2.75) is 39.0 Å². The summed E-state index contributed by atoms with van der Waals surface area (Å²) < 4.78 is 0. The highest BCUT2D eigenvalue weighted by Gasteiger charge is 2.42. The van der Waals surface area contributed by atoms with E-state index in [0.717, 1.165) is 12.3 Å². The number of hydrogen-bond donors (Lipinski definition) is 0. The Morgan fingerprint density at radius 1 is 1.36 bits per heavy atom. The Labute approximate surface area is 68.2 Å². The van der Waals surface area contributed by atoms with Crippen molar-refractivity contribution in [3.05, 3.63) is 0 Å². The molecule has 0 aromatic heterocycles. The molecule has 0 radical (unpaired) electrons. The van der Waals surface area contributed by atoms with Gasteiger partial charge in [-0.3, -0.25) is 4.79 Å².